The lowest BCUT2D eigenvalue weighted by Gasteiger charge is -2.31. The molecule has 2 aromatic rings. The Bertz CT molecular complexity index is 683. The molecule has 7 nitrogen and oxygen atoms in total. The molecule has 1 fully saturated rings. The van der Waals surface area contributed by atoms with Crippen molar-refractivity contribution in [2.45, 2.75) is 38.1 Å². The molecule has 2 aromatic heterocycles. The third-order valence-corrected chi connectivity index (χ3v) is 4.14. The number of nitrogens with zero attached hydrogens (tertiary/aromatic N) is 4. The molecule has 3 rings (SSSR count). The number of anilines is 2. The second-order valence-corrected chi connectivity index (χ2v) is 5.67. The SMILES string of the molecule is CN(C(=O)Nc1ccc2cnc(N)nc2n1)C1CCCCC1. The zero-order valence-electron chi connectivity index (χ0n) is 12.6. The minimum atomic E-state index is -0.138. The van der Waals surface area contributed by atoms with Crippen LogP contribution in [0.25, 0.3) is 11.0 Å². The van der Waals surface area contributed by atoms with Crippen molar-refractivity contribution in [1.82, 2.24) is 19.9 Å². The van der Waals surface area contributed by atoms with Crippen LogP contribution in [0.5, 0.6) is 0 Å². The minimum Gasteiger partial charge on any atom is -0.368 e. The third kappa shape index (κ3) is 3.08. The summed E-state index contributed by atoms with van der Waals surface area (Å²) >= 11 is 0. The summed E-state index contributed by atoms with van der Waals surface area (Å²) in [6, 6.07) is 3.74. The van der Waals surface area contributed by atoms with Gasteiger partial charge in [0.05, 0.1) is 0 Å². The Morgan fingerprint density at radius 2 is 2.05 bits per heavy atom. The van der Waals surface area contributed by atoms with Gasteiger partial charge in [0.25, 0.3) is 0 Å². The van der Waals surface area contributed by atoms with Crippen molar-refractivity contribution in [3.8, 4) is 0 Å². The highest BCUT2D eigenvalue weighted by atomic mass is 16.2. The summed E-state index contributed by atoms with van der Waals surface area (Å²) in [6.45, 7) is 0. The lowest BCUT2D eigenvalue weighted by atomic mass is 9.95. The van der Waals surface area contributed by atoms with E-state index in [2.05, 4.69) is 20.3 Å². The van der Waals surface area contributed by atoms with E-state index in [1.54, 1.807) is 17.2 Å². The van der Waals surface area contributed by atoms with Gasteiger partial charge in [0.2, 0.25) is 5.95 Å². The molecule has 1 aliphatic rings. The maximum atomic E-state index is 12.3. The number of nitrogens with two attached hydrogens (primary N) is 1. The van der Waals surface area contributed by atoms with Crippen molar-refractivity contribution in [3.05, 3.63) is 18.3 Å². The molecule has 0 spiro atoms. The molecule has 1 saturated carbocycles. The van der Waals surface area contributed by atoms with Crippen molar-refractivity contribution in [2.75, 3.05) is 18.1 Å². The second-order valence-electron chi connectivity index (χ2n) is 5.67. The van der Waals surface area contributed by atoms with Crippen molar-refractivity contribution in [2.24, 2.45) is 0 Å². The number of rotatable bonds is 2. The Hall–Kier alpha value is -2.44. The number of hydrogen-bond donors (Lipinski definition) is 2. The minimum absolute atomic E-state index is 0.138. The molecule has 7 heteroatoms. The summed E-state index contributed by atoms with van der Waals surface area (Å²) in [5.41, 5.74) is 6.04. The van der Waals surface area contributed by atoms with Gasteiger partial charge in [-0.1, -0.05) is 19.3 Å². The molecule has 3 N–H and O–H groups in total. The average Bonchev–Trinajstić information content (AvgIpc) is 2.54. The van der Waals surface area contributed by atoms with E-state index in [1.165, 1.54) is 19.3 Å². The second kappa shape index (κ2) is 6.13. The van der Waals surface area contributed by atoms with Gasteiger partial charge in [-0.2, -0.15) is 4.98 Å². The maximum Gasteiger partial charge on any atom is 0.322 e. The van der Waals surface area contributed by atoms with E-state index in [1.807, 2.05) is 13.1 Å². The van der Waals surface area contributed by atoms with Crippen LogP contribution in [-0.2, 0) is 0 Å². The predicted octanol–water partition coefficient (Wildman–Crippen LogP) is 2.40. The number of hydrogen-bond acceptors (Lipinski definition) is 5. The lowest BCUT2D eigenvalue weighted by Crippen LogP contribution is -2.41. The van der Waals surface area contributed by atoms with Crippen LogP contribution < -0.4 is 11.1 Å². The van der Waals surface area contributed by atoms with Crippen LogP contribution in [0.2, 0.25) is 0 Å². The number of carbonyl (C=O) groups excluding carboxylic acids is 1. The number of pyridine rings is 1. The molecule has 0 radical (unpaired) electrons. The van der Waals surface area contributed by atoms with E-state index < -0.39 is 0 Å². The molecule has 0 atom stereocenters. The van der Waals surface area contributed by atoms with E-state index in [9.17, 15) is 4.79 Å². The summed E-state index contributed by atoms with van der Waals surface area (Å²) in [4.78, 5) is 26.4. The number of amides is 2. The van der Waals surface area contributed by atoms with E-state index in [0.717, 1.165) is 18.2 Å². The van der Waals surface area contributed by atoms with Gasteiger partial charge in [-0.25, -0.2) is 14.8 Å². The Kier molecular flexibility index (Phi) is 4.04. The average molecular weight is 300 g/mol. The first kappa shape index (κ1) is 14.5. The highest BCUT2D eigenvalue weighted by molar-refractivity contribution is 5.89. The number of aromatic nitrogens is 3. The van der Waals surface area contributed by atoms with Gasteiger partial charge in [0, 0.05) is 24.7 Å². The topological polar surface area (TPSA) is 97.0 Å². The first-order valence-corrected chi connectivity index (χ1v) is 7.56. The molecule has 2 amide bonds. The standard InChI is InChI=1S/C15H20N6O/c1-21(11-5-3-2-4-6-11)15(22)19-12-8-7-10-9-17-14(16)20-13(10)18-12/h7-9,11H,2-6H2,1H3,(H3,16,17,18,19,20,22). The normalized spacial score (nSPS) is 15.7. The van der Waals surface area contributed by atoms with E-state index in [4.69, 9.17) is 5.73 Å². The molecule has 0 aromatic carbocycles. The lowest BCUT2D eigenvalue weighted by molar-refractivity contribution is 0.186. The highest BCUT2D eigenvalue weighted by Crippen LogP contribution is 2.22. The summed E-state index contributed by atoms with van der Waals surface area (Å²) in [7, 11) is 1.84. The highest BCUT2D eigenvalue weighted by Gasteiger charge is 2.22. The summed E-state index contributed by atoms with van der Waals surface area (Å²) in [6.07, 6.45) is 7.39. The van der Waals surface area contributed by atoms with Gasteiger partial charge in [-0.05, 0) is 25.0 Å². The van der Waals surface area contributed by atoms with Crippen LogP contribution in [0.3, 0.4) is 0 Å². The largest absolute Gasteiger partial charge is 0.368 e. The quantitative estimate of drug-likeness (QED) is 0.887. The van der Waals surface area contributed by atoms with Crippen LogP contribution in [0, 0.1) is 0 Å². The van der Waals surface area contributed by atoms with Crippen molar-refractivity contribution >= 4 is 28.8 Å². The van der Waals surface area contributed by atoms with E-state index in [-0.39, 0.29) is 12.0 Å². The van der Waals surface area contributed by atoms with Gasteiger partial charge < -0.3 is 10.6 Å². The first-order valence-electron chi connectivity index (χ1n) is 7.56. The zero-order valence-corrected chi connectivity index (χ0v) is 12.6. The fraction of sp³-hybridized carbons (Fsp3) is 0.467. The summed E-state index contributed by atoms with van der Waals surface area (Å²) in [5, 5.41) is 3.61. The van der Waals surface area contributed by atoms with Crippen LogP contribution in [0.1, 0.15) is 32.1 Å². The van der Waals surface area contributed by atoms with Gasteiger partial charge in [-0.3, -0.25) is 5.32 Å². The number of nitrogens with one attached hydrogen (secondary N) is 1. The molecule has 0 bridgehead atoms. The zero-order chi connectivity index (χ0) is 15.5. The molecule has 0 unspecified atom stereocenters. The molecular formula is C15H20N6O. The maximum absolute atomic E-state index is 12.3. The van der Waals surface area contributed by atoms with Crippen molar-refractivity contribution in [3.63, 3.8) is 0 Å². The number of nitrogen functional groups attached to an aromatic ring is 1. The third-order valence-electron chi connectivity index (χ3n) is 4.14. The van der Waals surface area contributed by atoms with Gasteiger partial charge >= 0.3 is 6.03 Å². The monoisotopic (exact) mass is 300 g/mol. The summed E-state index contributed by atoms with van der Waals surface area (Å²) in [5.74, 6) is 0.640. The molecule has 2 heterocycles. The van der Waals surface area contributed by atoms with E-state index in [0.29, 0.717) is 17.5 Å². The fourth-order valence-corrected chi connectivity index (χ4v) is 2.82. The first-order chi connectivity index (χ1) is 10.6. The smallest absolute Gasteiger partial charge is 0.322 e. The van der Waals surface area contributed by atoms with Crippen LogP contribution in [0.15, 0.2) is 18.3 Å². The van der Waals surface area contributed by atoms with E-state index >= 15 is 0 Å². The Morgan fingerprint density at radius 1 is 1.27 bits per heavy atom. The van der Waals surface area contributed by atoms with Gasteiger partial charge in [-0.15, -0.1) is 0 Å². The predicted molar refractivity (Wildman–Crippen MR) is 85.4 cm³/mol. The van der Waals surface area contributed by atoms with Crippen LogP contribution in [-0.4, -0.2) is 39.0 Å². The van der Waals surface area contributed by atoms with Crippen molar-refractivity contribution in [1.29, 1.82) is 0 Å². The Balaban J connectivity index is 1.72. The van der Waals surface area contributed by atoms with Crippen LogP contribution >= 0.6 is 0 Å². The number of urea groups is 1. The Morgan fingerprint density at radius 3 is 2.82 bits per heavy atom. The number of carbonyl (C=O) groups is 1. The van der Waals surface area contributed by atoms with Crippen LogP contribution in [0.4, 0.5) is 16.6 Å². The molecule has 1 aliphatic carbocycles. The van der Waals surface area contributed by atoms with Gasteiger partial charge in [0.15, 0.2) is 5.65 Å². The molecule has 0 aliphatic heterocycles. The Labute approximate surface area is 128 Å². The van der Waals surface area contributed by atoms with Crippen molar-refractivity contribution < 1.29 is 4.79 Å². The molecule has 116 valence electrons. The number of fused-ring (bicyclic) bond motifs is 1. The molecule has 22 heavy (non-hydrogen) atoms. The molecular weight excluding hydrogens is 280 g/mol. The molecule has 0 saturated heterocycles. The van der Waals surface area contributed by atoms with Gasteiger partial charge in [0.1, 0.15) is 5.82 Å². The summed E-state index contributed by atoms with van der Waals surface area (Å²) < 4.78 is 0. The fourth-order valence-electron chi connectivity index (χ4n) is 2.82.